The standard InChI is InChI=1S/C19H21N5/c1-14-4-6-15(7-5-14)22-18-12-19(21-13-20-18)23-16-8-10-17(11-9-16)24(2)3/h4-13H,1-3H3,(H2,20,21,22,23). The van der Waals surface area contributed by atoms with Crippen LogP contribution in [0.25, 0.3) is 0 Å². The number of benzene rings is 2. The molecule has 1 aromatic heterocycles. The summed E-state index contributed by atoms with van der Waals surface area (Å²) >= 11 is 0. The number of rotatable bonds is 5. The smallest absolute Gasteiger partial charge is 0.135 e. The molecule has 3 rings (SSSR count). The molecule has 0 radical (unpaired) electrons. The summed E-state index contributed by atoms with van der Waals surface area (Å²) in [5, 5.41) is 6.58. The summed E-state index contributed by atoms with van der Waals surface area (Å²) in [7, 11) is 4.05. The van der Waals surface area contributed by atoms with E-state index in [2.05, 4.69) is 56.7 Å². The fraction of sp³-hybridized carbons (Fsp3) is 0.158. The minimum absolute atomic E-state index is 0.747. The normalized spacial score (nSPS) is 10.3. The van der Waals surface area contributed by atoms with Crippen molar-refractivity contribution in [2.24, 2.45) is 0 Å². The van der Waals surface area contributed by atoms with Gasteiger partial charge in [0, 0.05) is 37.2 Å². The van der Waals surface area contributed by atoms with Crippen LogP contribution in [-0.4, -0.2) is 24.1 Å². The SMILES string of the molecule is Cc1ccc(Nc2cc(Nc3ccc(N(C)C)cc3)ncn2)cc1. The van der Waals surface area contributed by atoms with Gasteiger partial charge >= 0.3 is 0 Å². The highest BCUT2D eigenvalue weighted by atomic mass is 15.1. The number of aromatic nitrogens is 2. The predicted octanol–water partition coefficient (Wildman–Crippen LogP) is 4.34. The van der Waals surface area contributed by atoms with Crippen molar-refractivity contribution >= 4 is 28.7 Å². The summed E-state index contributed by atoms with van der Waals surface area (Å²) < 4.78 is 0. The molecule has 0 unspecified atom stereocenters. The fourth-order valence-corrected chi connectivity index (χ4v) is 2.27. The highest BCUT2D eigenvalue weighted by Crippen LogP contribution is 2.21. The first-order valence-corrected chi connectivity index (χ1v) is 7.80. The average molecular weight is 319 g/mol. The lowest BCUT2D eigenvalue weighted by molar-refractivity contribution is 1.13. The zero-order valence-corrected chi connectivity index (χ0v) is 14.1. The van der Waals surface area contributed by atoms with E-state index in [0.29, 0.717) is 0 Å². The number of nitrogens with one attached hydrogen (secondary N) is 2. The quantitative estimate of drug-likeness (QED) is 0.733. The van der Waals surface area contributed by atoms with Crippen molar-refractivity contribution in [2.45, 2.75) is 6.92 Å². The average Bonchev–Trinajstić information content (AvgIpc) is 2.58. The number of hydrogen-bond acceptors (Lipinski definition) is 5. The van der Waals surface area contributed by atoms with Crippen LogP contribution >= 0.6 is 0 Å². The maximum Gasteiger partial charge on any atom is 0.135 e. The highest BCUT2D eigenvalue weighted by molar-refractivity contribution is 5.64. The first-order chi connectivity index (χ1) is 11.6. The van der Waals surface area contributed by atoms with Crippen LogP contribution in [0.1, 0.15) is 5.56 Å². The molecule has 5 heteroatoms. The van der Waals surface area contributed by atoms with E-state index in [1.54, 1.807) is 6.33 Å². The molecular formula is C19H21N5. The van der Waals surface area contributed by atoms with Crippen LogP contribution in [0.4, 0.5) is 28.7 Å². The zero-order valence-electron chi connectivity index (χ0n) is 14.1. The van der Waals surface area contributed by atoms with Gasteiger partial charge in [0.2, 0.25) is 0 Å². The minimum Gasteiger partial charge on any atom is -0.378 e. The van der Waals surface area contributed by atoms with Crippen LogP contribution in [0.2, 0.25) is 0 Å². The van der Waals surface area contributed by atoms with E-state index in [0.717, 1.165) is 28.7 Å². The van der Waals surface area contributed by atoms with E-state index in [9.17, 15) is 0 Å². The van der Waals surface area contributed by atoms with Gasteiger partial charge in [-0.05, 0) is 43.3 Å². The van der Waals surface area contributed by atoms with E-state index in [-0.39, 0.29) is 0 Å². The van der Waals surface area contributed by atoms with Gasteiger partial charge in [0.25, 0.3) is 0 Å². The van der Waals surface area contributed by atoms with E-state index in [4.69, 9.17) is 0 Å². The molecule has 0 bridgehead atoms. The fourth-order valence-electron chi connectivity index (χ4n) is 2.27. The van der Waals surface area contributed by atoms with Crippen LogP contribution in [0.15, 0.2) is 60.9 Å². The van der Waals surface area contributed by atoms with Gasteiger partial charge in [0.05, 0.1) is 0 Å². The third-order valence-corrected chi connectivity index (χ3v) is 3.65. The Morgan fingerprint density at radius 3 is 1.75 bits per heavy atom. The van der Waals surface area contributed by atoms with Gasteiger partial charge < -0.3 is 15.5 Å². The number of hydrogen-bond donors (Lipinski definition) is 2. The molecule has 0 saturated carbocycles. The Morgan fingerprint density at radius 2 is 1.25 bits per heavy atom. The molecule has 0 fully saturated rings. The summed E-state index contributed by atoms with van der Waals surface area (Å²) in [5.74, 6) is 1.50. The molecule has 2 aromatic carbocycles. The van der Waals surface area contributed by atoms with Crippen LogP contribution in [-0.2, 0) is 0 Å². The van der Waals surface area contributed by atoms with Crippen molar-refractivity contribution in [2.75, 3.05) is 29.6 Å². The second-order valence-corrected chi connectivity index (χ2v) is 5.85. The van der Waals surface area contributed by atoms with E-state index < -0.39 is 0 Å². The first kappa shape index (κ1) is 15.8. The van der Waals surface area contributed by atoms with Crippen molar-refractivity contribution in [3.63, 3.8) is 0 Å². The Morgan fingerprint density at radius 1 is 0.750 bits per heavy atom. The summed E-state index contributed by atoms with van der Waals surface area (Å²) in [6, 6.07) is 18.3. The van der Waals surface area contributed by atoms with Crippen molar-refractivity contribution < 1.29 is 0 Å². The van der Waals surface area contributed by atoms with Gasteiger partial charge in [0.15, 0.2) is 0 Å². The van der Waals surface area contributed by atoms with Crippen LogP contribution in [0.5, 0.6) is 0 Å². The Bertz CT molecular complexity index is 795. The lowest BCUT2D eigenvalue weighted by Crippen LogP contribution is -2.08. The Hall–Kier alpha value is -3.08. The second-order valence-electron chi connectivity index (χ2n) is 5.85. The molecule has 3 aromatic rings. The van der Waals surface area contributed by atoms with Crippen molar-refractivity contribution in [1.29, 1.82) is 0 Å². The van der Waals surface area contributed by atoms with Crippen molar-refractivity contribution in [1.82, 2.24) is 9.97 Å². The Labute approximate surface area is 142 Å². The predicted molar refractivity (Wildman–Crippen MR) is 101 cm³/mol. The van der Waals surface area contributed by atoms with Gasteiger partial charge in [-0.2, -0.15) is 0 Å². The molecule has 0 saturated heterocycles. The third-order valence-electron chi connectivity index (χ3n) is 3.65. The summed E-state index contributed by atoms with van der Waals surface area (Å²) in [5.41, 5.74) is 4.37. The topological polar surface area (TPSA) is 53.1 Å². The molecule has 2 N–H and O–H groups in total. The van der Waals surface area contributed by atoms with Crippen LogP contribution < -0.4 is 15.5 Å². The second kappa shape index (κ2) is 7.00. The Kier molecular flexibility index (Phi) is 4.61. The minimum atomic E-state index is 0.747. The molecule has 0 aliphatic carbocycles. The highest BCUT2D eigenvalue weighted by Gasteiger charge is 2.01. The summed E-state index contributed by atoms with van der Waals surface area (Å²) in [4.78, 5) is 10.6. The molecule has 5 nitrogen and oxygen atoms in total. The lowest BCUT2D eigenvalue weighted by atomic mass is 10.2. The molecule has 0 amide bonds. The van der Waals surface area contributed by atoms with E-state index >= 15 is 0 Å². The van der Waals surface area contributed by atoms with Gasteiger partial charge in [-0.1, -0.05) is 17.7 Å². The molecule has 0 aliphatic heterocycles. The van der Waals surface area contributed by atoms with Gasteiger partial charge in [0.1, 0.15) is 18.0 Å². The molecule has 0 aliphatic rings. The van der Waals surface area contributed by atoms with Crippen LogP contribution in [0, 0.1) is 6.92 Å². The van der Waals surface area contributed by atoms with Crippen molar-refractivity contribution in [3.05, 3.63) is 66.5 Å². The zero-order chi connectivity index (χ0) is 16.9. The Balaban J connectivity index is 1.71. The number of nitrogens with zero attached hydrogens (tertiary/aromatic N) is 3. The number of aryl methyl sites for hydroxylation is 1. The molecule has 1 heterocycles. The molecule has 0 spiro atoms. The van der Waals surface area contributed by atoms with Gasteiger partial charge in [-0.3, -0.25) is 0 Å². The monoisotopic (exact) mass is 319 g/mol. The van der Waals surface area contributed by atoms with Crippen molar-refractivity contribution in [3.8, 4) is 0 Å². The lowest BCUT2D eigenvalue weighted by Gasteiger charge is -2.13. The van der Waals surface area contributed by atoms with Crippen LogP contribution in [0.3, 0.4) is 0 Å². The molecule has 0 atom stereocenters. The van der Waals surface area contributed by atoms with E-state index in [1.165, 1.54) is 5.56 Å². The summed E-state index contributed by atoms with van der Waals surface area (Å²) in [6.07, 6.45) is 1.55. The first-order valence-electron chi connectivity index (χ1n) is 7.80. The van der Waals surface area contributed by atoms with E-state index in [1.807, 2.05) is 44.4 Å². The third kappa shape index (κ3) is 4.01. The molecule has 122 valence electrons. The van der Waals surface area contributed by atoms with Gasteiger partial charge in [-0.15, -0.1) is 0 Å². The maximum absolute atomic E-state index is 4.28. The number of anilines is 5. The maximum atomic E-state index is 4.28. The largest absolute Gasteiger partial charge is 0.378 e. The summed E-state index contributed by atoms with van der Waals surface area (Å²) in [6.45, 7) is 2.07. The van der Waals surface area contributed by atoms with Gasteiger partial charge in [-0.25, -0.2) is 9.97 Å². The molecule has 24 heavy (non-hydrogen) atoms. The molecular weight excluding hydrogens is 298 g/mol.